The van der Waals surface area contributed by atoms with E-state index in [9.17, 15) is 8.78 Å². The predicted molar refractivity (Wildman–Crippen MR) is 48.6 cm³/mol. The van der Waals surface area contributed by atoms with Crippen molar-refractivity contribution in [2.45, 2.75) is 19.8 Å². The molecule has 13 heavy (non-hydrogen) atoms. The molecule has 1 rings (SSSR count). The molecule has 1 nitrogen and oxygen atoms in total. The molecule has 0 amide bonds. The van der Waals surface area contributed by atoms with Gasteiger partial charge in [-0.3, -0.25) is 0 Å². The summed E-state index contributed by atoms with van der Waals surface area (Å²) in [4.78, 5) is 0. The Morgan fingerprint density at radius 2 is 2.00 bits per heavy atom. The van der Waals surface area contributed by atoms with E-state index in [1.165, 1.54) is 12.1 Å². The molecule has 0 aliphatic heterocycles. The van der Waals surface area contributed by atoms with Gasteiger partial charge in [0.1, 0.15) is 11.6 Å². The van der Waals surface area contributed by atoms with Crippen LogP contribution >= 0.6 is 0 Å². The Labute approximate surface area is 76.6 Å². The fourth-order valence-corrected chi connectivity index (χ4v) is 1.25. The first-order chi connectivity index (χ1) is 6.07. The number of hydrogen-bond acceptors (Lipinski definition) is 1. The molecule has 0 bridgehead atoms. The van der Waals surface area contributed by atoms with Gasteiger partial charge in [-0.2, -0.15) is 0 Å². The van der Waals surface area contributed by atoms with Crippen LogP contribution in [0.1, 0.15) is 24.0 Å². The lowest BCUT2D eigenvalue weighted by Crippen LogP contribution is -2.13. The molecule has 0 fully saturated rings. The summed E-state index contributed by atoms with van der Waals surface area (Å²) in [6.07, 6.45) is 0. The molecule has 72 valence electrons. The van der Waals surface area contributed by atoms with Crippen molar-refractivity contribution in [1.29, 1.82) is 0 Å². The van der Waals surface area contributed by atoms with Crippen LogP contribution in [0.5, 0.6) is 0 Å². The van der Waals surface area contributed by atoms with Crippen LogP contribution in [0.15, 0.2) is 12.1 Å². The zero-order valence-electron chi connectivity index (χ0n) is 7.77. The fraction of sp³-hybridized carbons (Fsp3) is 0.400. The summed E-state index contributed by atoms with van der Waals surface area (Å²) in [5.41, 5.74) is 5.91. The first-order valence-corrected chi connectivity index (χ1v) is 4.22. The lowest BCUT2D eigenvalue weighted by Gasteiger charge is -2.12. The van der Waals surface area contributed by atoms with Gasteiger partial charge in [-0.05, 0) is 31.0 Å². The average molecular weight is 185 g/mol. The van der Waals surface area contributed by atoms with E-state index < -0.39 is 11.6 Å². The van der Waals surface area contributed by atoms with E-state index >= 15 is 0 Å². The van der Waals surface area contributed by atoms with E-state index in [1.54, 1.807) is 13.8 Å². The summed E-state index contributed by atoms with van der Waals surface area (Å²) in [5, 5.41) is 0. The van der Waals surface area contributed by atoms with Gasteiger partial charge in [0.05, 0.1) is 0 Å². The van der Waals surface area contributed by atoms with E-state index in [0.717, 1.165) is 0 Å². The van der Waals surface area contributed by atoms with Gasteiger partial charge in [0, 0.05) is 5.56 Å². The molecule has 3 heteroatoms. The highest BCUT2D eigenvalue weighted by Crippen LogP contribution is 2.23. The maximum Gasteiger partial charge on any atom is 0.132 e. The van der Waals surface area contributed by atoms with E-state index in [-0.39, 0.29) is 18.0 Å². The van der Waals surface area contributed by atoms with Crippen molar-refractivity contribution in [3.8, 4) is 0 Å². The minimum absolute atomic E-state index is 0.0995. The van der Waals surface area contributed by atoms with E-state index in [2.05, 4.69) is 0 Å². The molecule has 0 saturated carbocycles. The first-order valence-electron chi connectivity index (χ1n) is 4.22. The molecule has 0 spiro atoms. The minimum Gasteiger partial charge on any atom is -0.330 e. The van der Waals surface area contributed by atoms with Crippen molar-refractivity contribution in [2.24, 2.45) is 5.73 Å². The van der Waals surface area contributed by atoms with Gasteiger partial charge in [0.25, 0.3) is 0 Å². The Morgan fingerprint density at radius 1 is 1.38 bits per heavy atom. The standard InChI is InChI=1S/C10H13F2N/c1-6-3-4-8(11)9(10(6)12)7(2)5-13/h3-4,7H,5,13H2,1-2H3. The van der Waals surface area contributed by atoms with Gasteiger partial charge in [0.2, 0.25) is 0 Å². The molecule has 1 aromatic carbocycles. The molecule has 0 saturated heterocycles. The molecule has 1 aromatic rings. The largest absolute Gasteiger partial charge is 0.330 e. The van der Waals surface area contributed by atoms with Crippen molar-refractivity contribution >= 4 is 0 Å². The smallest absolute Gasteiger partial charge is 0.132 e. The summed E-state index contributed by atoms with van der Waals surface area (Å²) >= 11 is 0. The maximum absolute atomic E-state index is 13.4. The lowest BCUT2D eigenvalue weighted by atomic mass is 9.98. The third-order valence-electron chi connectivity index (χ3n) is 2.17. The Morgan fingerprint density at radius 3 is 2.54 bits per heavy atom. The third kappa shape index (κ3) is 1.86. The van der Waals surface area contributed by atoms with Crippen LogP contribution in [0.2, 0.25) is 0 Å². The van der Waals surface area contributed by atoms with Gasteiger partial charge >= 0.3 is 0 Å². The summed E-state index contributed by atoms with van der Waals surface area (Å²) in [5.74, 6) is -1.26. The van der Waals surface area contributed by atoms with Crippen LogP contribution in [-0.2, 0) is 0 Å². The van der Waals surface area contributed by atoms with Crippen molar-refractivity contribution in [3.63, 3.8) is 0 Å². The minimum atomic E-state index is -0.513. The zero-order chi connectivity index (χ0) is 10.0. The van der Waals surface area contributed by atoms with E-state index in [1.807, 2.05) is 0 Å². The highest BCUT2D eigenvalue weighted by atomic mass is 19.1. The van der Waals surface area contributed by atoms with Crippen molar-refractivity contribution in [2.75, 3.05) is 6.54 Å². The molecular weight excluding hydrogens is 172 g/mol. The number of benzene rings is 1. The Hall–Kier alpha value is -0.960. The molecule has 1 atom stereocenters. The highest BCUT2D eigenvalue weighted by molar-refractivity contribution is 5.29. The van der Waals surface area contributed by atoms with Crippen molar-refractivity contribution in [3.05, 3.63) is 34.9 Å². The van der Waals surface area contributed by atoms with Crippen LogP contribution in [0.3, 0.4) is 0 Å². The third-order valence-corrected chi connectivity index (χ3v) is 2.17. The number of hydrogen-bond donors (Lipinski definition) is 1. The highest BCUT2D eigenvalue weighted by Gasteiger charge is 2.16. The Bertz CT molecular complexity index is 310. The van der Waals surface area contributed by atoms with E-state index in [4.69, 9.17) is 5.73 Å². The van der Waals surface area contributed by atoms with Crippen LogP contribution in [0, 0.1) is 18.6 Å². The monoisotopic (exact) mass is 185 g/mol. The van der Waals surface area contributed by atoms with E-state index in [0.29, 0.717) is 5.56 Å². The predicted octanol–water partition coefficient (Wildman–Crippen LogP) is 2.34. The lowest BCUT2D eigenvalue weighted by molar-refractivity contribution is 0.529. The number of halogens is 2. The Balaban J connectivity index is 3.25. The van der Waals surface area contributed by atoms with Crippen LogP contribution in [0.25, 0.3) is 0 Å². The zero-order valence-corrected chi connectivity index (χ0v) is 7.77. The van der Waals surface area contributed by atoms with Gasteiger partial charge < -0.3 is 5.73 Å². The van der Waals surface area contributed by atoms with Crippen LogP contribution in [0.4, 0.5) is 8.78 Å². The second-order valence-electron chi connectivity index (χ2n) is 3.23. The quantitative estimate of drug-likeness (QED) is 0.751. The number of aryl methyl sites for hydroxylation is 1. The number of rotatable bonds is 2. The molecular formula is C10H13F2N. The summed E-state index contributed by atoms with van der Waals surface area (Å²) < 4.78 is 26.6. The fourth-order valence-electron chi connectivity index (χ4n) is 1.25. The van der Waals surface area contributed by atoms with Crippen molar-refractivity contribution in [1.82, 2.24) is 0 Å². The van der Waals surface area contributed by atoms with Gasteiger partial charge in [-0.1, -0.05) is 13.0 Å². The average Bonchev–Trinajstić information content (AvgIpc) is 2.12. The molecule has 2 N–H and O–H groups in total. The topological polar surface area (TPSA) is 26.0 Å². The SMILES string of the molecule is Cc1ccc(F)c(C(C)CN)c1F. The maximum atomic E-state index is 13.4. The molecule has 0 heterocycles. The Kier molecular flexibility index (Phi) is 2.98. The number of nitrogens with two attached hydrogens (primary N) is 1. The van der Waals surface area contributed by atoms with Gasteiger partial charge in [0.15, 0.2) is 0 Å². The second kappa shape index (κ2) is 3.83. The van der Waals surface area contributed by atoms with Crippen molar-refractivity contribution < 1.29 is 8.78 Å². The summed E-state index contributed by atoms with van der Waals surface area (Å²) in [6, 6.07) is 2.71. The second-order valence-corrected chi connectivity index (χ2v) is 3.23. The summed E-state index contributed by atoms with van der Waals surface area (Å²) in [6.45, 7) is 3.57. The molecule has 0 radical (unpaired) electrons. The summed E-state index contributed by atoms with van der Waals surface area (Å²) in [7, 11) is 0. The van der Waals surface area contributed by atoms with Crippen LogP contribution < -0.4 is 5.73 Å². The molecule has 0 aliphatic carbocycles. The van der Waals surface area contributed by atoms with Gasteiger partial charge in [-0.25, -0.2) is 8.78 Å². The van der Waals surface area contributed by atoms with Gasteiger partial charge in [-0.15, -0.1) is 0 Å². The molecule has 0 aromatic heterocycles. The van der Waals surface area contributed by atoms with Crippen LogP contribution in [-0.4, -0.2) is 6.54 Å². The normalized spacial score (nSPS) is 13.0. The molecule has 0 aliphatic rings. The molecule has 1 unspecified atom stereocenters. The first kappa shape index (κ1) is 10.1.